The van der Waals surface area contributed by atoms with Crippen LogP contribution in [0.15, 0.2) is 47.4 Å². The molecule has 0 fully saturated rings. The third-order valence-electron chi connectivity index (χ3n) is 3.34. The van der Waals surface area contributed by atoms with Crippen LogP contribution in [0.4, 0.5) is 5.69 Å². The van der Waals surface area contributed by atoms with E-state index in [1.165, 1.54) is 31.4 Å². The molecular weight excluding hydrogens is 376 g/mol. The molecule has 2 aromatic carbocycles. The second-order valence-corrected chi connectivity index (χ2v) is 7.47. The SMILES string of the molecule is COC(=O)c1ccccc1Oc1ccc(S(=O)(=O)NC(C)C)cc1[N+](=O)[O-]. The fourth-order valence-corrected chi connectivity index (χ4v) is 3.50. The van der Waals surface area contributed by atoms with Crippen molar-refractivity contribution in [1.29, 1.82) is 0 Å². The molecule has 0 amide bonds. The van der Waals surface area contributed by atoms with Crippen LogP contribution in [0.1, 0.15) is 24.2 Å². The topological polar surface area (TPSA) is 125 Å². The lowest BCUT2D eigenvalue weighted by Gasteiger charge is -2.12. The second kappa shape index (κ2) is 8.14. The number of rotatable bonds is 7. The van der Waals surface area contributed by atoms with Crippen molar-refractivity contribution in [3.05, 3.63) is 58.1 Å². The lowest BCUT2D eigenvalue weighted by molar-refractivity contribution is -0.385. The van der Waals surface area contributed by atoms with Crippen LogP contribution in [0.25, 0.3) is 0 Å². The first-order chi connectivity index (χ1) is 12.7. The van der Waals surface area contributed by atoms with Gasteiger partial charge >= 0.3 is 11.7 Å². The Hall–Kier alpha value is -2.98. The molecule has 0 aliphatic heterocycles. The van der Waals surface area contributed by atoms with E-state index in [1.807, 2.05) is 0 Å². The minimum atomic E-state index is -3.91. The summed E-state index contributed by atoms with van der Waals surface area (Å²) in [7, 11) is -2.72. The average Bonchev–Trinajstić information content (AvgIpc) is 2.60. The number of ether oxygens (including phenoxy) is 2. The molecule has 0 saturated carbocycles. The number of benzene rings is 2. The van der Waals surface area contributed by atoms with Gasteiger partial charge in [0.05, 0.1) is 16.9 Å². The molecule has 0 aliphatic carbocycles. The van der Waals surface area contributed by atoms with Crippen molar-refractivity contribution in [3.63, 3.8) is 0 Å². The van der Waals surface area contributed by atoms with Crippen LogP contribution in [0.2, 0.25) is 0 Å². The van der Waals surface area contributed by atoms with Gasteiger partial charge < -0.3 is 9.47 Å². The number of nitrogens with zero attached hydrogens (tertiary/aromatic N) is 1. The highest BCUT2D eigenvalue weighted by Gasteiger charge is 2.24. The summed E-state index contributed by atoms with van der Waals surface area (Å²) in [5.41, 5.74) is -0.478. The van der Waals surface area contributed by atoms with Gasteiger partial charge in [0.25, 0.3) is 0 Å². The Morgan fingerprint density at radius 2 is 1.81 bits per heavy atom. The van der Waals surface area contributed by atoms with E-state index in [0.717, 1.165) is 6.07 Å². The summed E-state index contributed by atoms with van der Waals surface area (Å²) in [6.07, 6.45) is 0. The Morgan fingerprint density at radius 3 is 2.41 bits per heavy atom. The van der Waals surface area contributed by atoms with E-state index in [9.17, 15) is 23.3 Å². The number of hydrogen-bond acceptors (Lipinski definition) is 7. The fourth-order valence-electron chi connectivity index (χ4n) is 2.22. The predicted molar refractivity (Wildman–Crippen MR) is 96.4 cm³/mol. The van der Waals surface area contributed by atoms with Crippen molar-refractivity contribution in [1.82, 2.24) is 4.72 Å². The Kier molecular flexibility index (Phi) is 6.13. The van der Waals surface area contributed by atoms with Crippen molar-refractivity contribution in [2.24, 2.45) is 0 Å². The van der Waals surface area contributed by atoms with E-state index >= 15 is 0 Å². The van der Waals surface area contributed by atoms with Crippen LogP contribution in [0, 0.1) is 10.1 Å². The van der Waals surface area contributed by atoms with Crippen LogP contribution < -0.4 is 9.46 Å². The Morgan fingerprint density at radius 1 is 1.15 bits per heavy atom. The summed E-state index contributed by atoms with van der Waals surface area (Å²) in [5.74, 6) is -0.836. The van der Waals surface area contributed by atoms with Gasteiger partial charge in [0.2, 0.25) is 15.8 Å². The molecule has 0 saturated heterocycles. The number of methoxy groups -OCH3 is 1. The highest BCUT2D eigenvalue weighted by atomic mass is 32.2. The first kappa shape index (κ1) is 20.3. The molecule has 0 spiro atoms. The number of nitrogens with one attached hydrogen (secondary N) is 1. The van der Waals surface area contributed by atoms with Crippen LogP contribution >= 0.6 is 0 Å². The molecule has 0 radical (unpaired) electrons. The molecule has 0 unspecified atom stereocenters. The normalized spacial score (nSPS) is 11.3. The number of nitro groups is 1. The van der Waals surface area contributed by atoms with Gasteiger partial charge in [-0.1, -0.05) is 12.1 Å². The summed E-state index contributed by atoms with van der Waals surface area (Å²) in [4.78, 5) is 22.2. The largest absolute Gasteiger partial charge is 0.465 e. The molecular formula is C17H18N2O7S. The maximum absolute atomic E-state index is 12.2. The van der Waals surface area contributed by atoms with Gasteiger partial charge in [-0.3, -0.25) is 10.1 Å². The number of esters is 1. The van der Waals surface area contributed by atoms with E-state index in [2.05, 4.69) is 9.46 Å². The number of hydrogen-bond donors (Lipinski definition) is 1. The monoisotopic (exact) mass is 394 g/mol. The van der Waals surface area contributed by atoms with Gasteiger partial charge in [-0.05, 0) is 38.1 Å². The van der Waals surface area contributed by atoms with Gasteiger partial charge in [0.1, 0.15) is 11.3 Å². The summed E-state index contributed by atoms with van der Waals surface area (Å²) in [6, 6.07) is 8.94. The summed E-state index contributed by atoms with van der Waals surface area (Å²) in [6.45, 7) is 3.26. The molecule has 1 N–H and O–H groups in total. The molecule has 2 rings (SSSR count). The third kappa shape index (κ3) is 4.80. The minimum Gasteiger partial charge on any atom is -0.465 e. The molecule has 27 heavy (non-hydrogen) atoms. The number of carbonyl (C=O) groups excluding carboxylic acids is 1. The third-order valence-corrected chi connectivity index (χ3v) is 5.00. The van der Waals surface area contributed by atoms with Gasteiger partial charge in [-0.2, -0.15) is 0 Å². The van der Waals surface area contributed by atoms with Crippen molar-refractivity contribution in [2.75, 3.05) is 7.11 Å². The highest BCUT2D eigenvalue weighted by molar-refractivity contribution is 7.89. The summed E-state index contributed by atoms with van der Waals surface area (Å²) >= 11 is 0. The van der Waals surface area contributed by atoms with Crippen molar-refractivity contribution < 1.29 is 27.6 Å². The van der Waals surface area contributed by atoms with Crippen molar-refractivity contribution >= 4 is 21.7 Å². The number of sulfonamides is 1. The molecule has 144 valence electrons. The summed E-state index contributed by atoms with van der Waals surface area (Å²) in [5, 5.41) is 11.4. The fraction of sp³-hybridized carbons (Fsp3) is 0.235. The number of carbonyl (C=O) groups is 1. The minimum absolute atomic E-state index is 0.0448. The van der Waals surface area contributed by atoms with E-state index < -0.39 is 26.6 Å². The molecule has 0 bridgehead atoms. The second-order valence-electron chi connectivity index (χ2n) is 5.75. The van der Waals surface area contributed by atoms with Crippen LogP contribution in [0.5, 0.6) is 11.5 Å². The standard InChI is InChI=1S/C17H18N2O7S/c1-11(2)18-27(23,24)12-8-9-16(14(10-12)19(21)22)26-15-7-5-4-6-13(15)17(20)25-3/h4-11,18H,1-3H3. The molecule has 0 heterocycles. The molecule has 0 aliphatic rings. The van der Waals surface area contributed by atoms with Crippen molar-refractivity contribution in [2.45, 2.75) is 24.8 Å². The zero-order chi connectivity index (χ0) is 20.2. The quantitative estimate of drug-likeness (QED) is 0.435. The van der Waals surface area contributed by atoms with Gasteiger partial charge in [0.15, 0.2) is 0 Å². The number of para-hydroxylation sites is 1. The van der Waals surface area contributed by atoms with Gasteiger partial charge in [0, 0.05) is 12.1 Å². The van der Waals surface area contributed by atoms with E-state index in [4.69, 9.17) is 4.74 Å². The molecule has 0 aromatic heterocycles. The van der Waals surface area contributed by atoms with Crippen LogP contribution in [-0.4, -0.2) is 32.5 Å². The predicted octanol–water partition coefficient (Wildman–Crippen LogP) is 2.86. The summed E-state index contributed by atoms with van der Waals surface area (Å²) < 4.78 is 37.0. The Labute approximate surface area is 156 Å². The van der Waals surface area contributed by atoms with E-state index in [1.54, 1.807) is 26.0 Å². The molecule has 0 atom stereocenters. The first-order valence-electron chi connectivity index (χ1n) is 7.81. The van der Waals surface area contributed by atoms with Crippen LogP contribution in [0.3, 0.4) is 0 Å². The first-order valence-corrected chi connectivity index (χ1v) is 9.30. The van der Waals surface area contributed by atoms with Crippen molar-refractivity contribution in [3.8, 4) is 11.5 Å². The molecule has 9 nitrogen and oxygen atoms in total. The highest BCUT2D eigenvalue weighted by Crippen LogP contribution is 2.34. The average molecular weight is 394 g/mol. The Bertz CT molecular complexity index is 971. The Balaban J connectivity index is 2.48. The van der Waals surface area contributed by atoms with E-state index in [0.29, 0.717) is 0 Å². The molecule has 2 aromatic rings. The van der Waals surface area contributed by atoms with Gasteiger partial charge in [-0.15, -0.1) is 0 Å². The lowest BCUT2D eigenvalue weighted by atomic mass is 10.2. The zero-order valence-electron chi connectivity index (χ0n) is 14.8. The van der Waals surface area contributed by atoms with E-state index in [-0.39, 0.29) is 28.0 Å². The number of nitro benzene ring substituents is 1. The maximum atomic E-state index is 12.2. The van der Waals surface area contributed by atoms with Gasteiger partial charge in [-0.25, -0.2) is 17.9 Å². The maximum Gasteiger partial charge on any atom is 0.341 e. The zero-order valence-corrected chi connectivity index (χ0v) is 15.6. The lowest BCUT2D eigenvalue weighted by Crippen LogP contribution is -2.30. The molecule has 10 heteroatoms. The van der Waals surface area contributed by atoms with Crippen LogP contribution in [-0.2, 0) is 14.8 Å². The smallest absolute Gasteiger partial charge is 0.341 e.